The number of hydrogen-bond acceptors (Lipinski definition) is 3. The van der Waals surface area contributed by atoms with Crippen molar-refractivity contribution in [2.75, 3.05) is 0 Å². The minimum absolute atomic E-state index is 0.0760. The Morgan fingerprint density at radius 2 is 2.33 bits per heavy atom. The van der Waals surface area contributed by atoms with Crippen LogP contribution in [0.3, 0.4) is 0 Å². The van der Waals surface area contributed by atoms with E-state index in [2.05, 4.69) is 15.1 Å². The van der Waals surface area contributed by atoms with Crippen molar-refractivity contribution in [3.63, 3.8) is 0 Å². The predicted octanol–water partition coefficient (Wildman–Crippen LogP) is 0.872. The lowest BCUT2D eigenvalue weighted by Crippen LogP contribution is -2.12. The average molecular weight is 265 g/mol. The molecule has 18 heavy (non-hydrogen) atoms. The molecule has 0 aliphatic rings. The number of nitrogens with one attached hydrogen (secondary N) is 2. The number of carbonyl (C=O) groups excluding carboxylic acids is 1. The fraction of sp³-hybridized carbons (Fsp3) is 0. The van der Waals surface area contributed by atoms with E-state index in [1.54, 1.807) is 24.3 Å². The van der Waals surface area contributed by atoms with E-state index < -0.39 is 14.1 Å². The molecule has 0 spiro atoms. The van der Waals surface area contributed by atoms with E-state index in [0.717, 1.165) is 0 Å². The van der Waals surface area contributed by atoms with E-state index in [4.69, 9.17) is 10.6 Å². The van der Waals surface area contributed by atoms with E-state index >= 15 is 0 Å². The molecule has 2 aromatic rings. The van der Waals surface area contributed by atoms with Gasteiger partial charge in [-0.15, -0.1) is 4.89 Å². The Bertz CT molecular complexity index is 650. The fourth-order valence-corrected chi connectivity index (χ4v) is 1.70. The highest BCUT2D eigenvalue weighted by atomic mass is 31.1. The molecule has 2 rings (SSSR count). The lowest BCUT2D eigenvalue weighted by molar-refractivity contribution is 0.0991. The van der Waals surface area contributed by atoms with Crippen LogP contribution in [0.4, 0.5) is 0 Å². The van der Waals surface area contributed by atoms with Crippen LogP contribution < -0.4 is 10.8 Å². The topological polar surface area (TPSA) is 121 Å². The van der Waals surface area contributed by atoms with Crippen molar-refractivity contribution < 1.29 is 14.3 Å². The molecule has 1 atom stereocenters. The number of carbonyl (C=O) groups is 1. The van der Waals surface area contributed by atoms with E-state index in [9.17, 15) is 9.36 Å². The summed E-state index contributed by atoms with van der Waals surface area (Å²) in [5, 5.41) is 2.24. The standard InChI is InChI=1S/C10H9N4O3P/c11-9(15)10-13-7-3-1-2-6(8(7)14-10)4-5-12-18(16)17/h1-5H,(H4-,11,12,13,14,15,16,17)/p+1. The van der Waals surface area contributed by atoms with Crippen molar-refractivity contribution in [1.29, 1.82) is 0 Å². The van der Waals surface area contributed by atoms with Crippen molar-refractivity contribution in [2.45, 2.75) is 0 Å². The Hall–Kier alpha value is -2.24. The summed E-state index contributed by atoms with van der Waals surface area (Å²) in [6.07, 6.45) is 2.92. The first-order chi connectivity index (χ1) is 8.58. The van der Waals surface area contributed by atoms with Crippen LogP contribution >= 0.6 is 8.18 Å². The van der Waals surface area contributed by atoms with Gasteiger partial charge in [-0.25, -0.2) is 4.98 Å². The SMILES string of the molecule is NC(=O)c1nc2c(/C=C/N[P+](=O)O)cccc2[nH]1. The molecule has 0 radical (unpaired) electrons. The van der Waals surface area contributed by atoms with Crippen molar-refractivity contribution in [1.82, 2.24) is 15.1 Å². The Kier molecular flexibility index (Phi) is 3.36. The molecule has 1 aromatic heterocycles. The van der Waals surface area contributed by atoms with Gasteiger partial charge in [0.1, 0.15) is 0 Å². The summed E-state index contributed by atoms with van der Waals surface area (Å²) in [5.41, 5.74) is 7.06. The second kappa shape index (κ2) is 4.95. The van der Waals surface area contributed by atoms with Crippen molar-refractivity contribution in [2.24, 2.45) is 5.73 Å². The van der Waals surface area contributed by atoms with Crippen LogP contribution in [0.2, 0.25) is 0 Å². The number of hydrogen-bond donors (Lipinski definition) is 4. The van der Waals surface area contributed by atoms with Crippen LogP contribution in [0.1, 0.15) is 16.2 Å². The Morgan fingerprint density at radius 3 is 3.00 bits per heavy atom. The smallest absolute Gasteiger partial charge is 0.363 e. The molecule has 1 aromatic carbocycles. The minimum Gasteiger partial charge on any atom is -0.363 e. The molecule has 0 fully saturated rings. The molecule has 0 saturated heterocycles. The van der Waals surface area contributed by atoms with E-state index in [0.29, 0.717) is 16.6 Å². The lowest BCUT2D eigenvalue weighted by Gasteiger charge is -1.93. The highest BCUT2D eigenvalue weighted by molar-refractivity contribution is 7.35. The zero-order valence-corrected chi connectivity index (χ0v) is 10.0. The highest BCUT2D eigenvalue weighted by Crippen LogP contribution is 2.18. The summed E-state index contributed by atoms with van der Waals surface area (Å²) in [6.45, 7) is 0. The highest BCUT2D eigenvalue weighted by Gasteiger charge is 2.09. The van der Waals surface area contributed by atoms with Crippen LogP contribution in [-0.2, 0) is 4.57 Å². The molecule has 5 N–H and O–H groups in total. The third-order valence-corrected chi connectivity index (χ3v) is 2.60. The number of imidazole rings is 1. The number of nitrogens with zero attached hydrogens (tertiary/aromatic N) is 1. The normalized spacial score (nSPS) is 11.9. The Labute approximate surface area is 103 Å². The summed E-state index contributed by atoms with van der Waals surface area (Å²) >= 11 is 0. The molecule has 0 aliphatic heterocycles. The molecule has 8 heteroatoms. The summed E-state index contributed by atoms with van der Waals surface area (Å²) < 4.78 is 10.4. The molecule has 92 valence electrons. The van der Waals surface area contributed by atoms with Crippen molar-refractivity contribution in [3.8, 4) is 0 Å². The number of rotatable bonds is 4. The first-order valence-corrected chi connectivity index (χ1v) is 6.16. The first-order valence-electron chi connectivity index (χ1n) is 4.95. The van der Waals surface area contributed by atoms with Gasteiger partial charge < -0.3 is 10.7 Å². The molecular formula is C10H10N4O3P+. The number of aromatic amines is 1. The van der Waals surface area contributed by atoms with E-state index in [-0.39, 0.29) is 5.82 Å². The summed E-state index contributed by atoms with van der Waals surface area (Å²) in [6, 6.07) is 5.28. The molecule has 0 aliphatic carbocycles. The zero-order chi connectivity index (χ0) is 13.1. The average Bonchev–Trinajstić information content (AvgIpc) is 2.73. The summed E-state index contributed by atoms with van der Waals surface area (Å²) in [4.78, 5) is 26.4. The Balaban J connectivity index is 2.41. The number of benzene rings is 1. The zero-order valence-electron chi connectivity index (χ0n) is 9.12. The summed E-state index contributed by atoms with van der Waals surface area (Å²) in [5.74, 6) is -0.565. The molecule has 0 saturated carbocycles. The monoisotopic (exact) mass is 265 g/mol. The quantitative estimate of drug-likeness (QED) is 0.611. The number of fused-ring (bicyclic) bond motifs is 1. The predicted molar refractivity (Wildman–Crippen MR) is 66.6 cm³/mol. The number of amides is 1. The number of H-pyrrole nitrogens is 1. The van der Waals surface area contributed by atoms with Gasteiger partial charge in [0.25, 0.3) is 5.91 Å². The Morgan fingerprint density at radius 1 is 1.56 bits per heavy atom. The number of nitrogens with two attached hydrogens (primary N) is 1. The molecule has 7 nitrogen and oxygen atoms in total. The minimum atomic E-state index is -2.43. The van der Waals surface area contributed by atoms with Gasteiger partial charge in [0.05, 0.1) is 11.0 Å². The van der Waals surface area contributed by atoms with Gasteiger partial charge >= 0.3 is 8.18 Å². The van der Waals surface area contributed by atoms with Gasteiger partial charge in [0.2, 0.25) is 0 Å². The van der Waals surface area contributed by atoms with Gasteiger partial charge in [-0.2, -0.15) is 5.09 Å². The van der Waals surface area contributed by atoms with E-state index in [1.807, 2.05) is 0 Å². The second-order valence-corrected chi connectivity index (χ2v) is 4.23. The van der Waals surface area contributed by atoms with Gasteiger partial charge in [0.15, 0.2) is 5.82 Å². The maximum absolute atomic E-state index is 11.0. The van der Waals surface area contributed by atoms with Crippen molar-refractivity contribution in [3.05, 3.63) is 35.8 Å². The van der Waals surface area contributed by atoms with Crippen LogP contribution in [0, 0.1) is 0 Å². The second-order valence-electron chi connectivity index (χ2n) is 3.43. The van der Waals surface area contributed by atoms with Crippen LogP contribution in [0.15, 0.2) is 24.4 Å². The largest absolute Gasteiger partial charge is 0.639 e. The maximum Gasteiger partial charge on any atom is 0.639 e. The summed E-state index contributed by atoms with van der Waals surface area (Å²) in [7, 11) is -2.43. The van der Waals surface area contributed by atoms with Gasteiger partial charge in [0, 0.05) is 11.8 Å². The van der Waals surface area contributed by atoms with Crippen molar-refractivity contribution >= 4 is 31.2 Å². The van der Waals surface area contributed by atoms with Gasteiger partial charge in [-0.1, -0.05) is 12.1 Å². The molecule has 1 unspecified atom stereocenters. The third kappa shape index (κ3) is 2.53. The third-order valence-electron chi connectivity index (χ3n) is 2.23. The number of primary amides is 1. The van der Waals surface area contributed by atoms with Crippen LogP contribution in [0.25, 0.3) is 17.1 Å². The van der Waals surface area contributed by atoms with E-state index in [1.165, 1.54) is 6.20 Å². The number of para-hydroxylation sites is 1. The molecule has 0 bridgehead atoms. The molecular weight excluding hydrogens is 255 g/mol. The number of aromatic nitrogens is 2. The maximum atomic E-state index is 11.0. The van der Waals surface area contributed by atoms with Gasteiger partial charge in [-0.05, 0) is 16.7 Å². The lowest BCUT2D eigenvalue weighted by atomic mass is 10.2. The van der Waals surface area contributed by atoms with Gasteiger partial charge in [-0.3, -0.25) is 4.79 Å². The van der Waals surface area contributed by atoms with Crippen LogP contribution in [-0.4, -0.2) is 20.8 Å². The molecule has 1 amide bonds. The fourth-order valence-electron chi connectivity index (χ4n) is 1.50. The molecule has 1 heterocycles. The van der Waals surface area contributed by atoms with Crippen LogP contribution in [0.5, 0.6) is 0 Å². The first kappa shape index (κ1) is 12.2.